The zero-order valence-corrected chi connectivity index (χ0v) is 14.3. The van der Waals surface area contributed by atoms with E-state index in [9.17, 15) is 4.79 Å². The molecular formula is C18H16N6O3. The van der Waals surface area contributed by atoms with Gasteiger partial charge in [0.15, 0.2) is 11.6 Å². The van der Waals surface area contributed by atoms with E-state index < -0.39 is 0 Å². The normalized spacial score (nSPS) is 10.8. The van der Waals surface area contributed by atoms with E-state index in [1.165, 1.54) is 6.26 Å². The third-order valence-corrected chi connectivity index (χ3v) is 3.75. The van der Waals surface area contributed by atoms with Crippen molar-refractivity contribution >= 4 is 11.7 Å². The van der Waals surface area contributed by atoms with Gasteiger partial charge in [-0.2, -0.15) is 10.1 Å². The molecule has 0 aliphatic carbocycles. The maximum Gasteiger partial charge on any atom is 0.238 e. The summed E-state index contributed by atoms with van der Waals surface area (Å²) in [6, 6.07) is 9.07. The van der Waals surface area contributed by atoms with Gasteiger partial charge in [-0.15, -0.1) is 0 Å². The van der Waals surface area contributed by atoms with Gasteiger partial charge in [0.1, 0.15) is 0 Å². The molecule has 0 saturated carbocycles. The smallest absolute Gasteiger partial charge is 0.238 e. The van der Waals surface area contributed by atoms with Crippen LogP contribution in [0.2, 0.25) is 0 Å². The number of rotatable bonds is 7. The fourth-order valence-electron chi connectivity index (χ4n) is 2.48. The topological polar surface area (TPSA) is 112 Å². The Morgan fingerprint density at radius 2 is 2.19 bits per heavy atom. The van der Waals surface area contributed by atoms with Gasteiger partial charge in [0.05, 0.1) is 12.8 Å². The lowest BCUT2D eigenvalue weighted by molar-refractivity contribution is -0.116. The summed E-state index contributed by atoms with van der Waals surface area (Å²) in [7, 11) is 0. The highest BCUT2D eigenvalue weighted by atomic mass is 16.5. The molecule has 136 valence electrons. The number of nitrogens with one attached hydrogen (secondary N) is 1. The highest BCUT2D eigenvalue weighted by Crippen LogP contribution is 2.16. The Morgan fingerprint density at radius 1 is 1.22 bits per heavy atom. The van der Waals surface area contributed by atoms with Gasteiger partial charge in [-0.1, -0.05) is 11.2 Å². The zero-order valence-electron chi connectivity index (χ0n) is 14.3. The van der Waals surface area contributed by atoms with Crippen molar-refractivity contribution < 1.29 is 13.7 Å². The van der Waals surface area contributed by atoms with E-state index in [0.717, 1.165) is 5.56 Å². The van der Waals surface area contributed by atoms with Crippen LogP contribution in [0.25, 0.3) is 11.6 Å². The molecule has 0 unspecified atom stereocenters. The second-order valence-corrected chi connectivity index (χ2v) is 5.80. The first kappa shape index (κ1) is 16.7. The Bertz CT molecular complexity index is 1010. The molecule has 0 aliphatic rings. The fraction of sp³-hybridized carbons (Fsp3) is 0.167. The lowest BCUT2D eigenvalue weighted by Gasteiger charge is -2.02. The van der Waals surface area contributed by atoms with Crippen molar-refractivity contribution in [3.8, 4) is 11.6 Å². The second kappa shape index (κ2) is 7.65. The van der Waals surface area contributed by atoms with Gasteiger partial charge in [0.25, 0.3) is 0 Å². The average molecular weight is 364 g/mol. The van der Waals surface area contributed by atoms with Gasteiger partial charge >= 0.3 is 0 Å². The number of amides is 1. The molecule has 0 bridgehead atoms. The molecule has 4 aromatic heterocycles. The van der Waals surface area contributed by atoms with E-state index in [0.29, 0.717) is 36.3 Å². The molecule has 4 rings (SSSR count). The maximum absolute atomic E-state index is 12.1. The summed E-state index contributed by atoms with van der Waals surface area (Å²) in [5.74, 6) is 1.57. The molecule has 9 nitrogen and oxygen atoms in total. The van der Waals surface area contributed by atoms with Crippen molar-refractivity contribution in [3.05, 3.63) is 66.6 Å². The van der Waals surface area contributed by atoms with E-state index in [2.05, 4.69) is 25.5 Å². The van der Waals surface area contributed by atoms with Crippen LogP contribution in [0.4, 0.5) is 5.82 Å². The van der Waals surface area contributed by atoms with Crippen molar-refractivity contribution in [1.29, 1.82) is 0 Å². The first-order valence-electron chi connectivity index (χ1n) is 8.35. The summed E-state index contributed by atoms with van der Waals surface area (Å²) in [4.78, 5) is 20.4. The van der Waals surface area contributed by atoms with E-state index in [-0.39, 0.29) is 12.3 Å². The molecule has 0 radical (unpaired) electrons. The molecule has 9 heteroatoms. The number of hydrogen-bond acceptors (Lipinski definition) is 7. The van der Waals surface area contributed by atoms with Crippen molar-refractivity contribution in [2.24, 2.45) is 0 Å². The highest BCUT2D eigenvalue weighted by Gasteiger charge is 2.13. The van der Waals surface area contributed by atoms with Crippen LogP contribution in [0.5, 0.6) is 0 Å². The minimum absolute atomic E-state index is 0.181. The van der Waals surface area contributed by atoms with Gasteiger partial charge in [-0.05, 0) is 23.8 Å². The van der Waals surface area contributed by atoms with E-state index in [1.54, 1.807) is 41.5 Å². The molecule has 0 atom stereocenters. The number of carbonyl (C=O) groups is 1. The highest BCUT2D eigenvalue weighted by molar-refractivity contribution is 5.89. The molecule has 4 heterocycles. The van der Waals surface area contributed by atoms with Gasteiger partial charge in [-0.3, -0.25) is 14.5 Å². The van der Waals surface area contributed by atoms with Crippen LogP contribution in [-0.2, 0) is 17.8 Å². The molecule has 1 N–H and O–H groups in total. The van der Waals surface area contributed by atoms with Crippen molar-refractivity contribution in [1.82, 2.24) is 24.9 Å². The molecule has 0 spiro atoms. The van der Waals surface area contributed by atoms with Gasteiger partial charge in [0, 0.05) is 37.5 Å². The Balaban J connectivity index is 1.28. The van der Waals surface area contributed by atoms with E-state index in [4.69, 9.17) is 8.94 Å². The molecule has 0 saturated heterocycles. The average Bonchev–Trinajstić information content (AvgIpc) is 3.43. The van der Waals surface area contributed by atoms with Crippen molar-refractivity contribution in [2.45, 2.75) is 19.4 Å². The first-order chi connectivity index (χ1) is 13.3. The van der Waals surface area contributed by atoms with Crippen molar-refractivity contribution in [2.75, 3.05) is 5.32 Å². The van der Waals surface area contributed by atoms with Crippen LogP contribution >= 0.6 is 0 Å². The Kier molecular flexibility index (Phi) is 4.73. The van der Waals surface area contributed by atoms with Crippen LogP contribution in [-0.4, -0.2) is 30.8 Å². The maximum atomic E-state index is 12.1. The van der Waals surface area contributed by atoms with Crippen LogP contribution in [0.15, 0.2) is 64.1 Å². The molecule has 0 aromatic carbocycles. The van der Waals surface area contributed by atoms with Crippen molar-refractivity contribution in [3.63, 3.8) is 0 Å². The standard InChI is InChI=1S/C18H16N6O3/c25-16(5-6-17-21-18(23-27-17)14-4-2-10-26-14)20-15-7-9-24(22-15)12-13-3-1-8-19-11-13/h1-4,7-11H,5-6,12H2,(H,20,22,25). The van der Waals surface area contributed by atoms with Gasteiger partial charge < -0.3 is 14.3 Å². The zero-order chi connectivity index (χ0) is 18.5. The van der Waals surface area contributed by atoms with Gasteiger partial charge in [0.2, 0.25) is 17.6 Å². The number of nitrogens with zero attached hydrogens (tertiary/aromatic N) is 5. The summed E-state index contributed by atoms with van der Waals surface area (Å²) in [6.45, 7) is 0.585. The number of hydrogen-bond donors (Lipinski definition) is 1. The minimum atomic E-state index is -0.181. The largest absolute Gasteiger partial charge is 0.461 e. The number of aryl methyl sites for hydroxylation is 1. The van der Waals surface area contributed by atoms with Crippen LogP contribution < -0.4 is 5.32 Å². The number of pyridine rings is 1. The van der Waals surface area contributed by atoms with Crippen LogP contribution in [0.3, 0.4) is 0 Å². The lowest BCUT2D eigenvalue weighted by atomic mass is 10.3. The predicted octanol–water partition coefficient (Wildman–Crippen LogP) is 2.54. The second-order valence-electron chi connectivity index (χ2n) is 5.80. The number of aromatic nitrogens is 5. The summed E-state index contributed by atoms with van der Waals surface area (Å²) < 4.78 is 12.1. The SMILES string of the molecule is O=C(CCc1nc(-c2ccco2)no1)Nc1ccn(Cc2cccnc2)n1. The molecule has 27 heavy (non-hydrogen) atoms. The Morgan fingerprint density at radius 3 is 3.00 bits per heavy atom. The summed E-state index contributed by atoms with van der Waals surface area (Å²) in [5, 5.41) is 10.9. The third kappa shape index (κ3) is 4.27. The predicted molar refractivity (Wildman–Crippen MR) is 94.5 cm³/mol. The summed E-state index contributed by atoms with van der Waals surface area (Å²) in [5.41, 5.74) is 1.03. The number of carbonyl (C=O) groups excluding carboxylic acids is 1. The number of anilines is 1. The van der Waals surface area contributed by atoms with Crippen LogP contribution in [0, 0.1) is 0 Å². The van der Waals surface area contributed by atoms with E-state index >= 15 is 0 Å². The van der Waals surface area contributed by atoms with Gasteiger partial charge in [-0.25, -0.2) is 0 Å². The molecule has 4 aromatic rings. The van der Waals surface area contributed by atoms with E-state index in [1.807, 2.05) is 12.1 Å². The fourth-order valence-corrected chi connectivity index (χ4v) is 2.48. The quantitative estimate of drug-likeness (QED) is 0.536. The third-order valence-electron chi connectivity index (χ3n) is 3.75. The molecule has 1 amide bonds. The summed E-state index contributed by atoms with van der Waals surface area (Å²) in [6.07, 6.45) is 7.37. The Labute approximate surface area is 154 Å². The first-order valence-corrected chi connectivity index (χ1v) is 8.35. The monoisotopic (exact) mass is 364 g/mol. The molecule has 0 aliphatic heterocycles. The Hall–Kier alpha value is -3.75. The lowest BCUT2D eigenvalue weighted by Crippen LogP contribution is -2.13. The number of furan rings is 1. The molecular weight excluding hydrogens is 348 g/mol. The molecule has 0 fully saturated rings. The minimum Gasteiger partial charge on any atom is -0.461 e. The van der Waals surface area contributed by atoms with Crippen LogP contribution in [0.1, 0.15) is 17.9 Å². The summed E-state index contributed by atoms with van der Waals surface area (Å²) >= 11 is 0.